The van der Waals surface area contributed by atoms with E-state index in [-0.39, 0.29) is 56.3 Å². The number of hydrogen-bond donors (Lipinski definition) is 0. The first-order chi connectivity index (χ1) is 15.4. The van der Waals surface area contributed by atoms with Crippen LogP contribution in [-0.2, 0) is 28.4 Å². The predicted octanol–water partition coefficient (Wildman–Crippen LogP) is 6.24. The van der Waals surface area contributed by atoms with E-state index in [1.54, 1.807) is 0 Å². The van der Waals surface area contributed by atoms with Crippen molar-refractivity contribution in [1.29, 1.82) is 0 Å². The van der Waals surface area contributed by atoms with Crippen molar-refractivity contribution in [2.24, 2.45) is 0 Å². The molecule has 206 valence electrons. The third kappa shape index (κ3) is 26.4. The Morgan fingerprint density at radius 3 is 1.03 bits per heavy atom. The van der Waals surface area contributed by atoms with Gasteiger partial charge in [0.05, 0.1) is 64.8 Å². The zero-order valence-corrected chi connectivity index (χ0v) is 23.6. The Labute approximate surface area is 214 Å². The number of rotatable bonds is 19. The Morgan fingerprint density at radius 2 is 0.794 bits per heavy atom. The third-order valence-electron chi connectivity index (χ3n) is 4.74. The average molecular weight is 491 g/mol. The van der Waals surface area contributed by atoms with Crippen LogP contribution in [-0.4, -0.2) is 83.1 Å². The van der Waals surface area contributed by atoms with Crippen molar-refractivity contribution in [1.82, 2.24) is 0 Å². The lowest BCUT2D eigenvalue weighted by Gasteiger charge is -2.24. The largest absolute Gasteiger partial charge is 0.376 e. The van der Waals surface area contributed by atoms with Crippen LogP contribution in [0.2, 0.25) is 6.32 Å². The topological polar surface area (TPSA) is 55.4 Å². The van der Waals surface area contributed by atoms with Gasteiger partial charge >= 0.3 is 0 Å². The van der Waals surface area contributed by atoms with Crippen molar-refractivity contribution in [2.75, 3.05) is 26.4 Å². The molecule has 0 aliphatic rings. The molecule has 0 aliphatic carbocycles. The van der Waals surface area contributed by atoms with Crippen LogP contribution in [0.25, 0.3) is 0 Å². The fraction of sp³-hybridized carbons (Fsp3) is 1.00. The van der Waals surface area contributed by atoms with E-state index in [0.717, 1.165) is 12.8 Å². The molecule has 0 fully saturated rings. The summed E-state index contributed by atoms with van der Waals surface area (Å²) in [7, 11) is 5.51. The first kappa shape index (κ1) is 38.4. The van der Waals surface area contributed by atoms with Crippen molar-refractivity contribution < 1.29 is 28.4 Å². The molecule has 0 bridgehead atoms. The highest BCUT2D eigenvalue weighted by Gasteiger charge is 2.16. The highest BCUT2D eigenvalue weighted by atomic mass is 16.6. The van der Waals surface area contributed by atoms with Crippen LogP contribution < -0.4 is 0 Å². The monoisotopic (exact) mass is 490 g/mol. The van der Waals surface area contributed by atoms with Gasteiger partial charge in [-0.05, 0) is 75.2 Å². The molecule has 0 rings (SSSR count). The second-order valence-electron chi connectivity index (χ2n) is 9.48. The highest BCUT2D eigenvalue weighted by Crippen LogP contribution is 2.08. The maximum Gasteiger partial charge on any atom is 0.104 e. The Bertz CT molecular complexity index is 397. The van der Waals surface area contributed by atoms with E-state index < -0.39 is 0 Å². The molecule has 0 saturated carbocycles. The summed E-state index contributed by atoms with van der Waals surface area (Å²) in [5.74, 6) is 0. The summed E-state index contributed by atoms with van der Waals surface area (Å²) in [6.45, 7) is 24.8. The van der Waals surface area contributed by atoms with Gasteiger partial charge in [-0.1, -0.05) is 27.6 Å². The van der Waals surface area contributed by atoms with Crippen molar-refractivity contribution >= 4 is 7.85 Å². The molecule has 0 aliphatic heterocycles. The van der Waals surface area contributed by atoms with Gasteiger partial charge in [0.1, 0.15) is 12.2 Å². The molecule has 0 heterocycles. The lowest BCUT2D eigenvalue weighted by atomic mass is 10.0. The Morgan fingerprint density at radius 1 is 0.500 bits per heavy atom. The van der Waals surface area contributed by atoms with Crippen LogP contribution >= 0.6 is 0 Å². The molecule has 4 unspecified atom stereocenters. The van der Waals surface area contributed by atoms with E-state index in [9.17, 15) is 0 Å². The van der Waals surface area contributed by atoms with E-state index in [2.05, 4.69) is 27.7 Å². The van der Waals surface area contributed by atoms with Gasteiger partial charge in [0.25, 0.3) is 0 Å². The van der Waals surface area contributed by atoms with Crippen molar-refractivity contribution in [3.63, 3.8) is 0 Å². The molecule has 0 aromatic carbocycles. The molecular weight excluding hydrogens is 431 g/mol. The van der Waals surface area contributed by atoms with Gasteiger partial charge in [-0.15, -0.1) is 0 Å². The summed E-state index contributed by atoms with van der Waals surface area (Å²) in [6, 6.07) is 0. The van der Waals surface area contributed by atoms with Gasteiger partial charge < -0.3 is 28.4 Å². The number of hydrogen-bond acceptors (Lipinski definition) is 6. The van der Waals surface area contributed by atoms with Gasteiger partial charge in [-0.3, -0.25) is 0 Å². The van der Waals surface area contributed by atoms with Gasteiger partial charge in [0.15, 0.2) is 0 Å². The third-order valence-corrected chi connectivity index (χ3v) is 4.74. The van der Waals surface area contributed by atoms with Gasteiger partial charge in [0, 0.05) is 6.10 Å². The molecule has 34 heavy (non-hydrogen) atoms. The second-order valence-corrected chi connectivity index (χ2v) is 9.48. The molecule has 4 atom stereocenters. The minimum atomic E-state index is -0.0126. The van der Waals surface area contributed by atoms with Crippen LogP contribution in [0, 0.1) is 0 Å². The molecule has 0 amide bonds. The minimum absolute atomic E-state index is 0. The molecule has 0 spiro atoms. The number of ether oxygens (including phenoxy) is 6. The predicted molar refractivity (Wildman–Crippen MR) is 145 cm³/mol. The van der Waals surface area contributed by atoms with Gasteiger partial charge in [-0.25, -0.2) is 0 Å². The van der Waals surface area contributed by atoms with Crippen molar-refractivity contribution in [3.05, 3.63) is 0 Å². The van der Waals surface area contributed by atoms with Crippen LogP contribution in [0.5, 0.6) is 0 Å². The molecule has 6 nitrogen and oxygen atoms in total. The summed E-state index contributed by atoms with van der Waals surface area (Å²) in [5, 5.41) is 0. The summed E-state index contributed by atoms with van der Waals surface area (Å²) in [4.78, 5) is 0. The summed E-state index contributed by atoms with van der Waals surface area (Å²) in [6.07, 6.45) is 3.81. The van der Waals surface area contributed by atoms with E-state index in [0.29, 0.717) is 32.7 Å². The Balaban J connectivity index is -0.000000550. The first-order valence-electron chi connectivity index (χ1n) is 12.9. The Hall–Kier alpha value is -0.175. The summed E-state index contributed by atoms with van der Waals surface area (Å²) in [5.41, 5.74) is 0. The van der Waals surface area contributed by atoms with E-state index in [1.165, 1.54) is 0 Å². The molecule has 7 heteroatoms. The van der Waals surface area contributed by atoms with Crippen LogP contribution in [0.4, 0.5) is 0 Å². The quantitative estimate of drug-likeness (QED) is 0.200. The minimum Gasteiger partial charge on any atom is -0.376 e. The van der Waals surface area contributed by atoms with Gasteiger partial charge in [-0.2, -0.15) is 0 Å². The molecule has 0 aromatic rings. The van der Waals surface area contributed by atoms with Crippen molar-refractivity contribution in [3.8, 4) is 0 Å². The van der Waals surface area contributed by atoms with Crippen LogP contribution in [0.15, 0.2) is 0 Å². The van der Waals surface area contributed by atoms with Crippen LogP contribution in [0.3, 0.4) is 0 Å². The first-order valence-corrected chi connectivity index (χ1v) is 12.9. The van der Waals surface area contributed by atoms with E-state index in [1.807, 2.05) is 48.5 Å². The normalized spacial score (nSPS) is 15.1. The maximum absolute atomic E-state index is 5.85. The summed E-state index contributed by atoms with van der Waals surface area (Å²) < 4.78 is 34.0. The molecule has 0 N–H and O–H groups in total. The fourth-order valence-corrected chi connectivity index (χ4v) is 2.34. The molecule has 0 aromatic heterocycles. The Kier molecular flexibility index (Phi) is 27.7. The zero-order chi connectivity index (χ0) is 25.8. The van der Waals surface area contributed by atoms with E-state index in [4.69, 9.17) is 36.3 Å². The zero-order valence-electron chi connectivity index (χ0n) is 23.6. The standard InChI is InChI=1S/C13H27BO3.C13H28O3.CH4/c1-6-11(4)17-13(8-15-10(2)3)9-16-12(5)7-14;1-7-12(6)16-13(8-14-10(2)3)9-15-11(4)5;/h10-13H,6-9H2,1-5H3;10-13H,7-9H2,1-6H3;1H4. The van der Waals surface area contributed by atoms with Crippen LogP contribution in [0.1, 0.15) is 96.4 Å². The fourth-order valence-electron chi connectivity index (χ4n) is 2.34. The average Bonchev–Trinajstić information content (AvgIpc) is 2.76. The molecule has 0 saturated heterocycles. The maximum atomic E-state index is 5.85. The van der Waals surface area contributed by atoms with Gasteiger partial charge in [0.2, 0.25) is 0 Å². The second kappa shape index (κ2) is 24.5. The summed E-state index contributed by atoms with van der Waals surface area (Å²) >= 11 is 0. The smallest absolute Gasteiger partial charge is 0.104 e. The lowest BCUT2D eigenvalue weighted by molar-refractivity contribution is -0.104. The molecule has 2 radical (unpaired) electrons. The molecular formula is C27H59BO6. The van der Waals surface area contributed by atoms with Crippen molar-refractivity contribution in [2.45, 2.75) is 152 Å². The lowest BCUT2D eigenvalue weighted by Crippen LogP contribution is -2.31. The highest BCUT2D eigenvalue weighted by molar-refractivity contribution is 6.08. The van der Waals surface area contributed by atoms with E-state index >= 15 is 0 Å². The SMILES string of the molecule is C.CCC(C)OC(COC(C)C)COC(C)C.[B]CC(C)OCC(COC(C)C)OC(C)CC.